The van der Waals surface area contributed by atoms with Crippen LogP contribution in [0.3, 0.4) is 0 Å². The third-order valence-electron chi connectivity index (χ3n) is 5.21. The van der Waals surface area contributed by atoms with Crippen LogP contribution < -0.4 is 5.73 Å². The number of hydrogen-bond acceptors (Lipinski definition) is 1. The minimum Gasteiger partial charge on any atom is -0.398 e. The summed E-state index contributed by atoms with van der Waals surface area (Å²) in [7, 11) is 0. The van der Waals surface area contributed by atoms with Gasteiger partial charge in [0.1, 0.15) is 0 Å². The molecular formula is C28H25N. The Morgan fingerprint density at radius 1 is 0.552 bits per heavy atom. The second-order valence-electron chi connectivity index (χ2n) is 7.47. The standard InChI is InChI=1S/C28H25N/c1-20-8-13-23(14-9-20)27-24(17-12-22-6-4-3-5-7-22)18-19-26(29)28(27)25-15-10-21(2)11-16-25/h3-19H,29H2,1-2H3. The van der Waals surface area contributed by atoms with E-state index in [1.165, 1.54) is 27.8 Å². The normalized spacial score (nSPS) is 11.1. The molecule has 2 N–H and O–H groups in total. The molecule has 142 valence electrons. The number of aryl methyl sites for hydroxylation is 2. The third kappa shape index (κ3) is 4.14. The van der Waals surface area contributed by atoms with Crippen molar-refractivity contribution < 1.29 is 0 Å². The highest BCUT2D eigenvalue weighted by Gasteiger charge is 2.14. The lowest BCUT2D eigenvalue weighted by molar-refractivity contribution is 1.45. The smallest absolute Gasteiger partial charge is 0.0400 e. The molecule has 0 heterocycles. The molecule has 4 aromatic rings. The van der Waals surface area contributed by atoms with Gasteiger partial charge in [-0.05, 0) is 47.7 Å². The summed E-state index contributed by atoms with van der Waals surface area (Å²) in [5, 5.41) is 0. The van der Waals surface area contributed by atoms with E-state index in [9.17, 15) is 0 Å². The fourth-order valence-corrected chi connectivity index (χ4v) is 3.59. The van der Waals surface area contributed by atoms with Crippen molar-refractivity contribution in [2.24, 2.45) is 0 Å². The van der Waals surface area contributed by atoms with E-state index in [1.54, 1.807) is 0 Å². The van der Waals surface area contributed by atoms with Crippen molar-refractivity contribution in [2.45, 2.75) is 13.8 Å². The van der Waals surface area contributed by atoms with E-state index < -0.39 is 0 Å². The van der Waals surface area contributed by atoms with Crippen molar-refractivity contribution in [3.8, 4) is 22.3 Å². The molecule has 0 fully saturated rings. The van der Waals surface area contributed by atoms with Gasteiger partial charge in [-0.2, -0.15) is 0 Å². The van der Waals surface area contributed by atoms with Gasteiger partial charge in [-0.25, -0.2) is 0 Å². The largest absolute Gasteiger partial charge is 0.398 e. The molecule has 0 unspecified atom stereocenters. The van der Waals surface area contributed by atoms with E-state index in [2.05, 4.69) is 105 Å². The van der Waals surface area contributed by atoms with Crippen molar-refractivity contribution in [3.05, 3.63) is 113 Å². The molecule has 0 bridgehead atoms. The minimum atomic E-state index is 0.793. The predicted molar refractivity (Wildman–Crippen MR) is 127 cm³/mol. The average molecular weight is 376 g/mol. The van der Waals surface area contributed by atoms with Gasteiger partial charge in [-0.15, -0.1) is 0 Å². The Balaban J connectivity index is 1.93. The molecule has 4 rings (SSSR count). The number of anilines is 1. The van der Waals surface area contributed by atoms with E-state index in [4.69, 9.17) is 5.73 Å². The van der Waals surface area contributed by atoms with E-state index in [0.29, 0.717) is 0 Å². The van der Waals surface area contributed by atoms with Crippen molar-refractivity contribution in [3.63, 3.8) is 0 Å². The van der Waals surface area contributed by atoms with Gasteiger partial charge in [-0.3, -0.25) is 0 Å². The van der Waals surface area contributed by atoms with Gasteiger partial charge >= 0.3 is 0 Å². The summed E-state index contributed by atoms with van der Waals surface area (Å²) < 4.78 is 0. The first-order valence-electron chi connectivity index (χ1n) is 9.91. The molecule has 0 aliphatic carbocycles. The zero-order valence-electron chi connectivity index (χ0n) is 16.9. The SMILES string of the molecule is Cc1ccc(-c2c(N)ccc(C=Cc3ccccc3)c2-c2ccc(C)cc2)cc1. The van der Waals surface area contributed by atoms with Crippen LogP contribution >= 0.6 is 0 Å². The first-order valence-corrected chi connectivity index (χ1v) is 9.91. The van der Waals surface area contributed by atoms with Crippen LogP contribution in [-0.4, -0.2) is 0 Å². The van der Waals surface area contributed by atoms with Crippen LogP contribution in [0, 0.1) is 13.8 Å². The van der Waals surface area contributed by atoms with Crippen LogP contribution in [-0.2, 0) is 0 Å². The van der Waals surface area contributed by atoms with E-state index in [0.717, 1.165) is 22.4 Å². The maximum Gasteiger partial charge on any atom is 0.0400 e. The topological polar surface area (TPSA) is 26.0 Å². The van der Waals surface area contributed by atoms with Gasteiger partial charge in [0.2, 0.25) is 0 Å². The summed E-state index contributed by atoms with van der Waals surface area (Å²) in [6.07, 6.45) is 4.34. The predicted octanol–water partition coefficient (Wildman–Crippen LogP) is 7.39. The number of hydrogen-bond donors (Lipinski definition) is 1. The number of benzene rings is 4. The third-order valence-corrected chi connectivity index (χ3v) is 5.21. The van der Waals surface area contributed by atoms with Gasteiger partial charge in [0, 0.05) is 11.3 Å². The molecule has 1 nitrogen and oxygen atoms in total. The van der Waals surface area contributed by atoms with E-state index in [1.807, 2.05) is 12.1 Å². The Bertz CT molecular complexity index is 1140. The van der Waals surface area contributed by atoms with Crippen LogP contribution in [0.1, 0.15) is 22.3 Å². The van der Waals surface area contributed by atoms with Crippen molar-refractivity contribution >= 4 is 17.8 Å². The fraction of sp³-hybridized carbons (Fsp3) is 0.0714. The summed E-state index contributed by atoms with van der Waals surface area (Å²) in [5.41, 5.74) is 16.7. The molecule has 0 aliphatic rings. The summed E-state index contributed by atoms with van der Waals surface area (Å²) in [5.74, 6) is 0. The molecule has 0 aromatic heterocycles. The lowest BCUT2D eigenvalue weighted by atomic mass is 9.88. The molecule has 0 atom stereocenters. The molecule has 0 radical (unpaired) electrons. The lowest BCUT2D eigenvalue weighted by Crippen LogP contribution is -1.96. The fourth-order valence-electron chi connectivity index (χ4n) is 3.59. The second-order valence-corrected chi connectivity index (χ2v) is 7.47. The number of rotatable bonds is 4. The van der Waals surface area contributed by atoms with Crippen LogP contribution in [0.25, 0.3) is 34.4 Å². The highest BCUT2D eigenvalue weighted by Crippen LogP contribution is 2.40. The van der Waals surface area contributed by atoms with Gasteiger partial charge in [-0.1, -0.05) is 108 Å². The van der Waals surface area contributed by atoms with Crippen molar-refractivity contribution in [1.29, 1.82) is 0 Å². The first kappa shape index (κ1) is 18.8. The summed E-state index contributed by atoms with van der Waals surface area (Å²) in [6, 6.07) is 31.8. The zero-order valence-corrected chi connectivity index (χ0v) is 16.9. The summed E-state index contributed by atoms with van der Waals surface area (Å²) in [6.45, 7) is 4.22. The maximum absolute atomic E-state index is 6.51. The summed E-state index contributed by atoms with van der Waals surface area (Å²) >= 11 is 0. The molecular weight excluding hydrogens is 350 g/mol. The highest BCUT2D eigenvalue weighted by molar-refractivity contribution is 5.96. The second kappa shape index (κ2) is 8.20. The van der Waals surface area contributed by atoms with Crippen LogP contribution in [0.4, 0.5) is 5.69 Å². The molecule has 1 heteroatoms. The summed E-state index contributed by atoms with van der Waals surface area (Å²) in [4.78, 5) is 0. The molecule has 0 amide bonds. The van der Waals surface area contributed by atoms with E-state index >= 15 is 0 Å². The lowest BCUT2D eigenvalue weighted by Gasteiger charge is -2.17. The van der Waals surface area contributed by atoms with Gasteiger partial charge < -0.3 is 5.73 Å². The van der Waals surface area contributed by atoms with Crippen LogP contribution in [0.2, 0.25) is 0 Å². The van der Waals surface area contributed by atoms with Gasteiger partial charge in [0.05, 0.1) is 0 Å². The Morgan fingerprint density at radius 2 is 1.10 bits per heavy atom. The van der Waals surface area contributed by atoms with Gasteiger partial charge in [0.15, 0.2) is 0 Å². The monoisotopic (exact) mass is 375 g/mol. The van der Waals surface area contributed by atoms with Crippen LogP contribution in [0.5, 0.6) is 0 Å². The average Bonchev–Trinajstić information content (AvgIpc) is 2.75. The Morgan fingerprint density at radius 3 is 1.69 bits per heavy atom. The molecule has 4 aromatic carbocycles. The Kier molecular flexibility index (Phi) is 5.31. The first-order chi connectivity index (χ1) is 14.1. The zero-order chi connectivity index (χ0) is 20.2. The van der Waals surface area contributed by atoms with Gasteiger partial charge in [0.25, 0.3) is 0 Å². The highest BCUT2D eigenvalue weighted by atomic mass is 14.6. The van der Waals surface area contributed by atoms with Crippen molar-refractivity contribution in [2.75, 3.05) is 5.73 Å². The molecule has 0 aliphatic heterocycles. The Hall–Kier alpha value is -3.58. The van der Waals surface area contributed by atoms with E-state index in [-0.39, 0.29) is 0 Å². The van der Waals surface area contributed by atoms with Crippen LogP contribution in [0.15, 0.2) is 91.0 Å². The Labute approximate surface area is 173 Å². The number of nitrogens with two attached hydrogens (primary N) is 1. The number of nitrogen functional groups attached to an aromatic ring is 1. The molecule has 29 heavy (non-hydrogen) atoms. The molecule has 0 spiro atoms. The molecule has 0 saturated heterocycles. The molecule has 0 saturated carbocycles. The minimum absolute atomic E-state index is 0.793. The van der Waals surface area contributed by atoms with Crippen molar-refractivity contribution in [1.82, 2.24) is 0 Å². The quantitative estimate of drug-likeness (QED) is 0.292. The maximum atomic E-state index is 6.51.